The Morgan fingerprint density at radius 2 is 0.651 bits per heavy atom. The fourth-order valence-corrected chi connectivity index (χ4v) is 16.0. The Morgan fingerprint density at radius 3 is 0.907 bits per heavy atom. The van der Waals surface area contributed by atoms with Crippen LogP contribution in [-0.4, -0.2) is 275 Å². The number of amides is 6. The molecule has 0 spiro atoms. The van der Waals surface area contributed by atoms with E-state index in [-0.39, 0.29) is 83.8 Å². The first kappa shape index (κ1) is 95.6. The van der Waals surface area contributed by atoms with Gasteiger partial charge in [-0.05, 0) is 174 Å². The summed E-state index contributed by atoms with van der Waals surface area (Å²) in [5.74, 6) is 0.326. The molecular formula is C94H108Cl3FN24O6S. The van der Waals surface area contributed by atoms with Crippen molar-refractivity contribution in [2.45, 2.75) is 55.5 Å². The molecule has 15 rings (SSSR count). The van der Waals surface area contributed by atoms with E-state index in [1.165, 1.54) is 24.5 Å². The lowest BCUT2D eigenvalue weighted by Gasteiger charge is -2.36. The minimum absolute atomic E-state index is 0.0178. The highest BCUT2D eigenvalue weighted by molar-refractivity contribution is 7.93. The number of nitrogens with zero attached hydrogens (tertiary/aromatic N) is 12. The van der Waals surface area contributed by atoms with Gasteiger partial charge >= 0.3 is 0 Å². The molecule has 12 aromatic rings. The second-order valence-electron chi connectivity index (χ2n) is 32.7. The van der Waals surface area contributed by atoms with Gasteiger partial charge in [-0.3, -0.25) is 28.8 Å². The van der Waals surface area contributed by atoms with Crippen LogP contribution >= 0.6 is 47.0 Å². The van der Waals surface area contributed by atoms with Gasteiger partial charge in [-0.25, -0.2) is 29.9 Å². The van der Waals surface area contributed by atoms with E-state index >= 15 is 0 Å². The molecule has 6 atom stereocenters. The second kappa shape index (κ2) is 46.5. The summed E-state index contributed by atoms with van der Waals surface area (Å²) in [6.45, 7) is 6.53. The van der Waals surface area contributed by atoms with Gasteiger partial charge in [0, 0.05) is 234 Å². The third-order valence-corrected chi connectivity index (χ3v) is 22.0. The number of aromatic nitrogens is 9. The average molecular weight is 1830 g/mol. The molecule has 0 radical (unpaired) electrons. The number of likely N-dealkylation sites (tertiary alicyclic amines) is 3. The summed E-state index contributed by atoms with van der Waals surface area (Å²) in [6.07, 6.45) is 24.0. The molecule has 0 aliphatic carbocycles. The molecule has 6 amide bonds. The maximum absolute atomic E-state index is 13.0. The minimum atomic E-state index is -0.212. The molecule has 3 aliphatic rings. The lowest BCUT2D eigenvalue weighted by atomic mass is 10.0. The summed E-state index contributed by atoms with van der Waals surface area (Å²) in [5.41, 5.74) is 11.2. The number of carbonyl (C=O) groups is 6. The van der Waals surface area contributed by atoms with E-state index in [4.69, 9.17) is 49.8 Å². The molecule has 3 saturated heterocycles. The summed E-state index contributed by atoms with van der Waals surface area (Å²) < 4.78 is 10.2. The number of hydrogen-bond acceptors (Lipinski definition) is 22. The van der Waals surface area contributed by atoms with Gasteiger partial charge in [0.05, 0.1) is 50.7 Å². The van der Waals surface area contributed by atoms with Crippen LogP contribution in [0.5, 0.6) is 0 Å². The van der Waals surface area contributed by atoms with E-state index in [1.54, 1.807) is 110 Å². The zero-order valence-corrected chi connectivity index (χ0v) is 76.6. The normalized spacial score (nSPS) is 17.3. The van der Waals surface area contributed by atoms with Crippen LogP contribution in [0.2, 0.25) is 15.1 Å². The maximum Gasteiger partial charge on any atom is 0.251 e. The van der Waals surface area contributed by atoms with Crippen molar-refractivity contribution >= 4 is 150 Å². The van der Waals surface area contributed by atoms with Crippen molar-refractivity contribution in [3.63, 3.8) is 0 Å². The van der Waals surface area contributed by atoms with Crippen LogP contribution in [0, 0.1) is 0 Å². The third kappa shape index (κ3) is 28.0. The molecule has 6 aromatic carbocycles. The first-order chi connectivity index (χ1) is 62.1. The first-order valence-corrected chi connectivity index (χ1v) is 44.3. The highest BCUT2D eigenvalue weighted by Gasteiger charge is 2.32. The van der Waals surface area contributed by atoms with Crippen LogP contribution < -0.4 is 47.9 Å². The molecule has 3 aliphatic heterocycles. The number of aromatic amines is 3. The number of para-hydroxylation sites is 3. The lowest BCUT2D eigenvalue weighted by molar-refractivity contribution is -0.112. The number of likely N-dealkylation sites (N-methyl/N-ethyl adjacent to an activating group) is 6. The van der Waals surface area contributed by atoms with Crippen molar-refractivity contribution in [3.8, 4) is 33.8 Å². The van der Waals surface area contributed by atoms with Gasteiger partial charge < -0.3 is 92.2 Å². The number of halogens is 4. The SMILES string of the molecule is CN(C)C/C=C/C(=O)Nc1ccc(C(=O)N[C@@H]2C[C@H](Nc3ncc(Cl)c(-c4c[nH]c5ccccc45)n3)CN(C)C2)cc1.CN(C)C/C=C/C(=O)Nc1ccc(C(=O)N[C@H]2C[C@@H](Nc3ncc(Cl)c(-c4c[nH]c5ccccc45)n3)CN(C)C2)cc1.CN(C)C/C=C/C(=O)Nc1ccc(C(=O)N[C@H]2C[C@@H](Nc3ncc(Cl)c(-c4c[nH]c5ccccc45)n3)CN(C)C2)cc1.CSF. The van der Waals surface area contributed by atoms with Gasteiger partial charge in [0.25, 0.3) is 17.7 Å². The number of hydrogen-bond donors (Lipinski definition) is 12. The molecule has 9 heterocycles. The topological polar surface area (TPSA) is 355 Å². The largest absolute Gasteiger partial charge is 0.360 e. The van der Waals surface area contributed by atoms with Crippen LogP contribution in [-0.2, 0) is 14.4 Å². The summed E-state index contributed by atoms with van der Waals surface area (Å²) >= 11 is 19.8. The predicted molar refractivity (Wildman–Crippen MR) is 518 cm³/mol. The number of benzene rings is 6. The Labute approximate surface area is 768 Å². The summed E-state index contributed by atoms with van der Waals surface area (Å²) in [6, 6.07) is 44.5. The van der Waals surface area contributed by atoms with E-state index < -0.39 is 0 Å². The first-order valence-electron chi connectivity index (χ1n) is 42.0. The molecule has 129 heavy (non-hydrogen) atoms. The van der Waals surface area contributed by atoms with E-state index in [1.807, 2.05) is 170 Å². The molecule has 0 unspecified atom stereocenters. The Hall–Kier alpha value is -12.5. The predicted octanol–water partition coefficient (Wildman–Crippen LogP) is 14.0. The molecule has 0 bridgehead atoms. The van der Waals surface area contributed by atoms with Gasteiger partial charge in [-0.1, -0.05) is 108 Å². The number of rotatable bonds is 27. The zero-order chi connectivity index (χ0) is 91.6. The monoisotopic (exact) mass is 1820 g/mol. The molecule has 0 saturated carbocycles. The number of fused-ring (bicyclic) bond motifs is 3. The lowest BCUT2D eigenvalue weighted by Crippen LogP contribution is -2.53. The fraction of sp³-hybridized carbons (Fsp3) is 0.298. The molecular weight excluding hydrogens is 1720 g/mol. The molecule has 3 fully saturated rings. The highest BCUT2D eigenvalue weighted by atomic mass is 35.5. The molecule has 35 heteroatoms. The number of H-pyrrole nitrogens is 3. The summed E-state index contributed by atoms with van der Waals surface area (Å²) in [4.78, 5) is 125. The van der Waals surface area contributed by atoms with E-state index in [0.717, 1.165) is 88.7 Å². The van der Waals surface area contributed by atoms with Crippen LogP contribution in [0.15, 0.2) is 219 Å². The van der Waals surface area contributed by atoms with Gasteiger partial charge in [0.15, 0.2) is 0 Å². The molecule has 12 N–H and O–H groups in total. The second-order valence-corrected chi connectivity index (χ2v) is 34.2. The minimum Gasteiger partial charge on any atom is -0.360 e. The van der Waals surface area contributed by atoms with Gasteiger partial charge in [0.2, 0.25) is 35.6 Å². The molecule has 30 nitrogen and oxygen atoms in total. The van der Waals surface area contributed by atoms with Crippen LogP contribution in [0.25, 0.3) is 66.5 Å². The van der Waals surface area contributed by atoms with Crippen molar-refractivity contribution < 1.29 is 32.7 Å². The Morgan fingerprint density at radius 1 is 0.403 bits per heavy atom. The fourth-order valence-electron chi connectivity index (χ4n) is 15.4. The Kier molecular flexibility index (Phi) is 34.5. The van der Waals surface area contributed by atoms with E-state index in [9.17, 15) is 32.7 Å². The van der Waals surface area contributed by atoms with Crippen LogP contribution in [0.1, 0.15) is 50.3 Å². The average Bonchev–Trinajstić information content (AvgIpc) is 1.68. The summed E-state index contributed by atoms with van der Waals surface area (Å²) in [5, 5.41) is 32.8. The van der Waals surface area contributed by atoms with Gasteiger partial charge in [0.1, 0.15) is 0 Å². The standard InChI is InChI=1S/3C31H35ClN8O2.CH3FS/c3*1-39(2)14-6-9-28(41)35-21-12-10-20(11-13-21)30(42)36-22-15-23(19-40(3)18-22)37-31-34-17-26(32)29(38-31)25-16-33-27-8-5-4-7-24(25)27;1-3-2/h3*4-13,16-17,22-23,33H,14-15,18-19H2,1-3H3,(H,35,41)(H,36,42)(H,34,37,38);1H3/b3*9-6+;/t3*22-,23+;/m100./s1. The molecule has 674 valence electrons. The van der Waals surface area contributed by atoms with Gasteiger partial charge in [-0.15, -0.1) is 0 Å². The number of piperidine rings is 3. The Balaban J connectivity index is 0.000000173. The maximum atomic E-state index is 13.0. The smallest absolute Gasteiger partial charge is 0.251 e. The van der Waals surface area contributed by atoms with E-state index in [2.05, 4.69) is 92.5 Å². The number of nitrogens with one attached hydrogen (secondary N) is 12. The number of anilines is 6. The van der Waals surface area contributed by atoms with Crippen molar-refractivity contribution in [1.82, 2.24) is 90.2 Å². The summed E-state index contributed by atoms with van der Waals surface area (Å²) in [7, 11) is 17.7. The van der Waals surface area contributed by atoms with Crippen LogP contribution in [0.3, 0.4) is 0 Å². The van der Waals surface area contributed by atoms with Crippen molar-refractivity contribution in [2.24, 2.45) is 0 Å². The zero-order valence-electron chi connectivity index (χ0n) is 73.5. The van der Waals surface area contributed by atoms with E-state index in [0.29, 0.717) is 123 Å². The Bertz CT molecular complexity index is 5350. The van der Waals surface area contributed by atoms with Crippen LogP contribution in [0.4, 0.5) is 38.8 Å². The quantitative estimate of drug-likeness (QED) is 0.0213. The third-order valence-electron chi connectivity index (χ3n) is 21.1. The van der Waals surface area contributed by atoms with Crippen molar-refractivity contribution in [2.75, 3.05) is 160 Å². The van der Waals surface area contributed by atoms with Gasteiger partial charge in [-0.2, -0.15) is 3.89 Å². The number of carbonyl (C=O) groups excluding carboxylic acids is 6. The van der Waals surface area contributed by atoms with Crippen molar-refractivity contribution in [1.29, 1.82) is 0 Å². The van der Waals surface area contributed by atoms with Crippen molar-refractivity contribution in [3.05, 3.63) is 251 Å². The highest BCUT2D eigenvalue weighted by Crippen LogP contribution is 2.37. The molecule has 6 aromatic heterocycles.